The molecule has 41 heavy (non-hydrogen) atoms. The first-order chi connectivity index (χ1) is 19.4. The Morgan fingerprint density at radius 1 is 0.610 bits per heavy atom. The molecule has 0 spiro atoms. The first kappa shape index (κ1) is 29.5. The molecule has 0 aliphatic carbocycles. The summed E-state index contributed by atoms with van der Waals surface area (Å²) in [5, 5.41) is 23.4. The number of halogens is 2. The van der Waals surface area contributed by atoms with Gasteiger partial charge in [0.15, 0.2) is 0 Å². The van der Waals surface area contributed by atoms with Crippen molar-refractivity contribution < 1.29 is 37.3 Å². The van der Waals surface area contributed by atoms with Crippen molar-refractivity contribution in [2.75, 3.05) is 0 Å². The second kappa shape index (κ2) is 12.0. The zero-order valence-electron chi connectivity index (χ0n) is 20.2. The van der Waals surface area contributed by atoms with Gasteiger partial charge in [-0.05, 0) is 72.8 Å². The topological polar surface area (TPSA) is 173 Å². The number of nitro groups is 2. The van der Waals surface area contributed by atoms with Crippen LogP contribution in [0, 0.1) is 20.2 Å². The summed E-state index contributed by atoms with van der Waals surface area (Å²) in [6.07, 6.45) is 0. The van der Waals surface area contributed by atoms with Crippen LogP contribution in [0.3, 0.4) is 0 Å². The van der Waals surface area contributed by atoms with Gasteiger partial charge in [0.05, 0.1) is 30.8 Å². The summed E-state index contributed by atoms with van der Waals surface area (Å²) in [6.45, 7) is 0. The van der Waals surface area contributed by atoms with E-state index in [1.807, 2.05) is 0 Å². The minimum Gasteiger partial charge on any atom is -0.416 e. The molecule has 0 saturated carbocycles. The predicted molar refractivity (Wildman–Crippen MR) is 150 cm³/mol. The maximum atomic E-state index is 13.3. The molecule has 0 aliphatic rings. The Bertz CT molecular complexity index is 1680. The standard InChI is InChI=1S/C26H14Br2N2O10S/c27-17-5-1-15(2-6-17)25(31)39-23-11-9-19(13-21(23)29(33)34)41(37,38)20-10-12-24(22(14-20)30(35)36)40-26(32)16-3-7-18(28)8-4-16/h1-14H. The molecule has 4 rings (SSSR count). The number of hydrogen-bond acceptors (Lipinski definition) is 10. The van der Waals surface area contributed by atoms with Crippen LogP contribution in [-0.2, 0) is 9.84 Å². The predicted octanol–water partition coefficient (Wildman–Crippen LogP) is 6.30. The maximum Gasteiger partial charge on any atom is 0.343 e. The van der Waals surface area contributed by atoms with Gasteiger partial charge in [0.2, 0.25) is 21.3 Å². The molecule has 15 heteroatoms. The van der Waals surface area contributed by atoms with E-state index in [1.54, 1.807) is 24.3 Å². The van der Waals surface area contributed by atoms with Crippen molar-refractivity contribution in [3.05, 3.63) is 125 Å². The van der Waals surface area contributed by atoms with Crippen LogP contribution in [0.5, 0.6) is 11.5 Å². The van der Waals surface area contributed by atoms with Crippen molar-refractivity contribution in [1.82, 2.24) is 0 Å². The largest absolute Gasteiger partial charge is 0.416 e. The van der Waals surface area contributed by atoms with Crippen molar-refractivity contribution in [1.29, 1.82) is 0 Å². The van der Waals surface area contributed by atoms with E-state index in [9.17, 15) is 38.2 Å². The molecule has 0 heterocycles. The van der Waals surface area contributed by atoms with Crippen LogP contribution in [0.2, 0.25) is 0 Å². The van der Waals surface area contributed by atoms with Crippen LogP contribution < -0.4 is 9.47 Å². The number of carbonyl (C=O) groups excluding carboxylic acids is 2. The first-order valence-corrected chi connectivity index (χ1v) is 14.2. The summed E-state index contributed by atoms with van der Waals surface area (Å²) in [7, 11) is -4.56. The Morgan fingerprint density at radius 2 is 0.951 bits per heavy atom. The van der Waals surface area contributed by atoms with Crippen molar-refractivity contribution >= 4 is 65.0 Å². The lowest BCUT2D eigenvalue weighted by atomic mass is 10.2. The van der Waals surface area contributed by atoms with E-state index in [0.29, 0.717) is 21.1 Å². The second-order valence-electron chi connectivity index (χ2n) is 8.07. The van der Waals surface area contributed by atoms with Gasteiger partial charge in [-0.2, -0.15) is 0 Å². The van der Waals surface area contributed by atoms with Gasteiger partial charge in [0.1, 0.15) is 0 Å². The molecular weight excluding hydrogens is 692 g/mol. The Hall–Kier alpha value is -4.47. The number of hydrogen-bond donors (Lipinski definition) is 0. The zero-order chi connectivity index (χ0) is 29.9. The Kier molecular flexibility index (Phi) is 8.60. The first-order valence-electron chi connectivity index (χ1n) is 11.1. The van der Waals surface area contributed by atoms with Gasteiger partial charge in [-0.1, -0.05) is 31.9 Å². The van der Waals surface area contributed by atoms with Crippen LogP contribution in [0.15, 0.2) is 104 Å². The molecule has 4 aromatic rings. The fourth-order valence-corrected chi connectivity index (χ4v) is 5.24. The van der Waals surface area contributed by atoms with Gasteiger partial charge >= 0.3 is 23.3 Å². The van der Waals surface area contributed by atoms with E-state index in [1.165, 1.54) is 24.3 Å². The lowest BCUT2D eigenvalue weighted by Crippen LogP contribution is -2.11. The van der Waals surface area contributed by atoms with E-state index in [2.05, 4.69) is 31.9 Å². The minimum absolute atomic E-state index is 0.0902. The van der Waals surface area contributed by atoms with Crippen LogP contribution in [-0.4, -0.2) is 30.2 Å². The summed E-state index contributed by atoms with van der Waals surface area (Å²) in [5.74, 6) is -2.86. The van der Waals surface area contributed by atoms with Gasteiger partial charge in [-0.15, -0.1) is 0 Å². The quantitative estimate of drug-likeness (QED) is 0.0876. The molecule has 4 aromatic carbocycles. The lowest BCUT2D eigenvalue weighted by Gasteiger charge is -2.10. The normalized spacial score (nSPS) is 11.0. The minimum atomic E-state index is -4.56. The van der Waals surface area contributed by atoms with Crippen LogP contribution in [0.1, 0.15) is 20.7 Å². The number of nitrogens with zero attached hydrogens (tertiary/aromatic N) is 2. The highest BCUT2D eigenvalue weighted by Gasteiger charge is 2.29. The molecular formula is C26H14Br2N2O10S. The number of benzene rings is 4. The summed E-state index contributed by atoms with van der Waals surface area (Å²) in [6, 6.07) is 17.1. The molecule has 0 aromatic heterocycles. The van der Waals surface area contributed by atoms with Crippen molar-refractivity contribution in [2.45, 2.75) is 9.79 Å². The average molecular weight is 706 g/mol. The van der Waals surface area contributed by atoms with Crippen molar-refractivity contribution in [3.63, 3.8) is 0 Å². The van der Waals surface area contributed by atoms with Gasteiger partial charge < -0.3 is 9.47 Å². The molecule has 0 radical (unpaired) electrons. The Morgan fingerprint density at radius 3 is 1.27 bits per heavy atom. The van der Waals surface area contributed by atoms with E-state index in [4.69, 9.17) is 9.47 Å². The molecule has 0 saturated heterocycles. The SMILES string of the molecule is O=C(Oc1ccc(S(=O)(=O)c2ccc(OC(=O)c3ccc(Br)cc3)c([N+](=O)[O-])c2)cc1[N+](=O)[O-])c1ccc(Br)cc1. The zero-order valence-corrected chi connectivity index (χ0v) is 24.2. The highest BCUT2D eigenvalue weighted by molar-refractivity contribution is 9.10. The highest BCUT2D eigenvalue weighted by atomic mass is 79.9. The van der Waals surface area contributed by atoms with E-state index in [0.717, 1.165) is 24.3 Å². The molecule has 0 amide bonds. The molecule has 0 bridgehead atoms. The summed E-state index contributed by atoms with van der Waals surface area (Å²) < 4.78 is 38.2. The third-order valence-electron chi connectivity index (χ3n) is 5.44. The van der Waals surface area contributed by atoms with Crippen molar-refractivity contribution in [2.24, 2.45) is 0 Å². The third-order valence-corrected chi connectivity index (χ3v) is 8.25. The van der Waals surface area contributed by atoms with E-state index in [-0.39, 0.29) is 11.1 Å². The van der Waals surface area contributed by atoms with E-state index >= 15 is 0 Å². The van der Waals surface area contributed by atoms with Crippen molar-refractivity contribution in [3.8, 4) is 11.5 Å². The second-order valence-corrected chi connectivity index (χ2v) is 11.9. The van der Waals surface area contributed by atoms with Crippen LogP contribution in [0.25, 0.3) is 0 Å². The Labute approximate surface area is 248 Å². The highest BCUT2D eigenvalue weighted by Crippen LogP contribution is 2.36. The lowest BCUT2D eigenvalue weighted by molar-refractivity contribution is -0.385. The van der Waals surface area contributed by atoms with Crippen LogP contribution >= 0.6 is 31.9 Å². The van der Waals surface area contributed by atoms with Gasteiger partial charge in [-0.3, -0.25) is 20.2 Å². The molecule has 208 valence electrons. The monoisotopic (exact) mass is 704 g/mol. The molecule has 0 unspecified atom stereocenters. The number of sulfone groups is 1. The third kappa shape index (κ3) is 6.65. The number of nitro benzene ring substituents is 2. The van der Waals surface area contributed by atoms with Gasteiger partial charge in [-0.25, -0.2) is 18.0 Å². The fourth-order valence-electron chi connectivity index (χ4n) is 3.41. The maximum absolute atomic E-state index is 13.3. The number of esters is 2. The van der Waals surface area contributed by atoms with Gasteiger partial charge in [0, 0.05) is 21.1 Å². The molecule has 0 fully saturated rings. The average Bonchev–Trinajstić information content (AvgIpc) is 2.93. The number of rotatable bonds is 8. The summed E-state index contributed by atoms with van der Waals surface area (Å²) in [5.41, 5.74) is -1.47. The fraction of sp³-hybridized carbons (Fsp3) is 0. The number of ether oxygens (including phenoxy) is 2. The van der Waals surface area contributed by atoms with Gasteiger partial charge in [0.25, 0.3) is 0 Å². The summed E-state index contributed by atoms with van der Waals surface area (Å²) in [4.78, 5) is 45.2. The molecule has 0 N–H and O–H groups in total. The van der Waals surface area contributed by atoms with Crippen LogP contribution in [0.4, 0.5) is 11.4 Å². The Balaban J connectivity index is 1.65. The molecule has 0 aliphatic heterocycles. The molecule has 12 nitrogen and oxygen atoms in total. The van der Waals surface area contributed by atoms with E-state index < -0.39 is 64.3 Å². The smallest absolute Gasteiger partial charge is 0.343 e. The molecule has 0 atom stereocenters. The number of carbonyl (C=O) groups is 2. The summed E-state index contributed by atoms with van der Waals surface area (Å²) >= 11 is 6.43.